The Hall–Kier alpha value is -0.830. The van der Waals surface area contributed by atoms with Crippen LogP contribution in [0.25, 0.3) is 0 Å². The van der Waals surface area contributed by atoms with Crippen LogP contribution >= 0.6 is 0 Å². The first-order valence-electron chi connectivity index (χ1n) is 5.55. The van der Waals surface area contributed by atoms with Crippen LogP contribution in [0.15, 0.2) is 6.07 Å². The van der Waals surface area contributed by atoms with Crippen molar-refractivity contribution < 1.29 is 0 Å². The summed E-state index contributed by atoms with van der Waals surface area (Å²) in [6, 6.07) is 2.29. The zero-order chi connectivity index (χ0) is 10.1. The molecule has 78 valence electrons. The van der Waals surface area contributed by atoms with E-state index in [1.54, 1.807) is 0 Å². The Bertz CT molecular complexity index is 310. The van der Waals surface area contributed by atoms with E-state index in [9.17, 15) is 0 Å². The molecular formula is C11H19N3. The Kier molecular flexibility index (Phi) is 2.59. The van der Waals surface area contributed by atoms with E-state index in [-0.39, 0.29) is 6.04 Å². The summed E-state index contributed by atoms with van der Waals surface area (Å²) in [4.78, 5) is 0. The number of nitrogens with two attached hydrogens (primary N) is 1. The van der Waals surface area contributed by atoms with Crippen molar-refractivity contribution in [1.29, 1.82) is 0 Å². The summed E-state index contributed by atoms with van der Waals surface area (Å²) < 4.78 is 2.08. The third-order valence-electron chi connectivity index (χ3n) is 2.73. The molecule has 2 rings (SSSR count). The van der Waals surface area contributed by atoms with Gasteiger partial charge in [0.05, 0.1) is 11.4 Å². The molecule has 1 heterocycles. The molecule has 3 nitrogen and oxygen atoms in total. The van der Waals surface area contributed by atoms with Gasteiger partial charge in [0.2, 0.25) is 0 Å². The van der Waals surface area contributed by atoms with Gasteiger partial charge in [-0.05, 0) is 32.3 Å². The maximum absolute atomic E-state index is 5.92. The molecule has 1 atom stereocenters. The molecule has 1 aromatic rings. The zero-order valence-electron chi connectivity index (χ0n) is 9.03. The molecule has 0 aromatic carbocycles. The third kappa shape index (κ3) is 1.82. The highest BCUT2D eigenvalue weighted by Crippen LogP contribution is 2.39. The predicted molar refractivity (Wildman–Crippen MR) is 57.1 cm³/mol. The molecule has 0 unspecified atom stereocenters. The molecule has 0 saturated heterocycles. The minimum Gasteiger partial charge on any atom is -0.323 e. The highest BCUT2D eigenvalue weighted by Gasteiger charge is 2.27. The number of nitrogens with zero attached hydrogens (tertiary/aromatic N) is 2. The molecular weight excluding hydrogens is 174 g/mol. The summed E-state index contributed by atoms with van der Waals surface area (Å²) in [6.07, 6.45) is 3.73. The summed E-state index contributed by atoms with van der Waals surface area (Å²) >= 11 is 0. The molecule has 1 aromatic heterocycles. The van der Waals surface area contributed by atoms with Gasteiger partial charge in [-0.25, -0.2) is 0 Å². The molecule has 1 fully saturated rings. The highest BCUT2D eigenvalue weighted by atomic mass is 15.3. The van der Waals surface area contributed by atoms with E-state index in [1.165, 1.54) is 24.2 Å². The normalized spacial score (nSPS) is 18.5. The number of hydrogen-bond donors (Lipinski definition) is 1. The summed E-state index contributed by atoms with van der Waals surface area (Å²) in [7, 11) is 0. The van der Waals surface area contributed by atoms with Crippen molar-refractivity contribution in [2.45, 2.75) is 51.6 Å². The van der Waals surface area contributed by atoms with Crippen molar-refractivity contribution in [1.82, 2.24) is 9.78 Å². The van der Waals surface area contributed by atoms with Crippen LogP contribution in [0.1, 0.15) is 56.5 Å². The Balaban J connectivity index is 2.25. The predicted octanol–water partition coefficient (Wildman–Crippen LogP) is 2.19. The first kappa shape index (κ1) is 9.71. The number of rotatable bonds is 4. The Morgan fingerprint density at radius 1 is 1.64 bits per heavy atom. The molecule has 0 radical (unpaired) electrons. The summed E-state index contributed by atoms with van der Waals surface area (Å²) in [5.74, 6) is 0.727. The van der Waals surface area contributed by atoms with E-state index in [4.69, 9.17) is 5.73 Å². The first-order chi connectivity index (χ1) is 6.72. The molecule has 0 spiro atoms. The lowest BCUT2D eigenvalue weighted by Crippen LogP contribution is -2.13. The average Bonchev–Trinajstić information content (AvgIpc) is 2.89. The summed E-state index contributed by atoms with van der Waals surface area (Å²) in [6.45, 7) is 5.19. The van der Waals surface area contributed by atoms with Crippen molar-refractivity contribution >= 4 is 0 Å². The number of aromatic nitrogens is 2. The smallest absolute Gasteiger partial charge is 0.0659 e. The van der Waals surface area contributed by atoms with Crippen LogP contribution in [-0.4, -0.2) is 9.78 Å². The summed E-state index contributed by atoms with van der Waals surface area (Å²) in [5.41, 5.74) is 8.36. The van der Waals surface area contributed by atoms with Crippen molar-refractivity contribution in [3.8, 4) is 0 Å². The lowest BCUT2D eigenvalue weighted by atomic mass is 10.2. The molecule has 1 aliphatic carbocycles. The molecule has 0 bridgehead atoms. The highest BCUT2D eigenvalue weighted by molar-refractivity contribution is 5.20. The van der Waals surface area contributed by atoms with Gasteiger partial charge in [-0.2, -0.15) is 5.10 Å². The van der Waals surface area contributed by atoms with E-state index in [1.807, 2.05) is 6.92 Å². The van der Waals surface area contributed by atoms with Crippen LogP contribution in [0.3, 0.4) is 0 Å². The van der Waals surface area contributed by atoms with E-state index in [0.29, 0.717) is 0 Å². The number of hydrogen-bond acceptors (Lipinski definition) is 2. The van der Waals surface area contributed by atoms with Crippen LogP contribution in [-0.2, 0) is 6.54 Å². The Labute approximate surface area is 85.3 Å². The molecule has 3 heteroatoms. The molecule has 2 N–H and O–H groups in total. The van der Waals surface area contributed by atoms with Crippen molar-refractivity contribution in [2.24, 2.45) is 5.73 Å². The van der Waals surface area contributed by atoms with Gasteiger partial charge >= 0.3 is 0 Å². The van der Waals surface area contributed by atoms with Gasteiger partial charge in [0.15, 0.2) is 0 Å². The van der Waals surface area contributed by atoms with Crippen LogP contribution in [0.2, 0.25) is 0 Å². The first-order valence-corrected chi connectivity index (χ1v) is 5.55. The third-order valence-corrected chi connectivity index (χ3v) is 2.73. The fraction of sp³-hybridized carbons (Fsp3) is 0.727. The van der Waals surface area contributed by atoms with Gasteiger partial charge in [0.1, 0.15) is 0 Å². The van der Waals surface area contributed by atoms with Gasteiger partial charge < -0.3 is 5.73 Å². The van der Waals surface area contributed by atoms with E-state index >= 15 is 0 Å². The lowest BCUT2D eigenvalue weighted by molar-refractivity contribution is 0.547. The van der Waals surface area contributed by atoms with Gasteiger partial charge in [0.25, 0.3) is 0 Å². The minimum atomic E-state index is 0.0987. The molecule has 1 aliphatic rings. The largest absolute Gasteiger partial charge is 0.323 e. The molecule has 0 aliphatic heterocycles. The van der Waals surface area contributed by atoms with E-state index in [2.05, 4.69) is 22.8 Å². The van der Waals surface area contributed by atoms with Gasteiger partial charge in [-0.3, -0.25) is 4.68 Å². The fourth-order valence-electron chi connectivity index (χ4n) is 1.79. The lowest BCUT2D eigenvalue weighted by Gasteiger charge is -2.07. The van der Waals surface area contributed by atoms with Crippen LogP contribution < -0.4 is 5.73 Å². The standard InChI is InChI=1S/C11H19N3/c1-3-6-14-11(8(2)12)7-10(13-14)9-4-5-9/h7-9H,3-6,12H2,1-2H3/t8-/m1/s1. The van der Waals surface area contributed by atoms with Crippen LogP contribution in [0.5, 0.6) is 0 Å². The van der Waals surface area contributed by atoms with E-state index in [0.717, 1.165) is 18.9 Å². The number of aryl methyl sites for hydroxylation is 1. The van der Waals surface area contributed by atoms with Crippen molar-refractivity contribution in [3.63, 3.8) is 0 Å². The minimum absolute atomic E-state index is 0.0987. The quantitative estimate of drug-likeness (QED) is 0.796. The zero-order valence-corrected chi connectivity index (χ0v) is 9.03. The molecule has 14 heavy (non-hydrogen) atoms. The van der Waals surface area contributed by atoms with Crippen molar-refractivity contribution in [2.75, 3.05) is 0 Å². The van der Waals surface area contributed by atoms with Gasteiger partial charge in [-0.1, -0.05) is 6.92 Å². The topological polar surface area (TPSA) is 43.8 Å². The fourth-order valence-corrected chi connectivity index (χ4v) is 1.79. The molecule has 1 saturated carbocycles. The van der Waals surface area contributed by atoms with Crippen LogP contribution in [0.4, 0.5) is 0 Å². The Morgan fingerprint density at radius 2 is 2.36 bits per heavy atom. The monoisotopic (exact) mass is 193 g/mol. The van der Waals surface area contributed by atoms with Gasteiger partial charge in [-0.15, -0.1) is 0 Å². The van der Waals surface area contributed by atoms with Crippen LogP contribution in [0, 0.1) is 0 Å². The van der Waals surface area contributed by atoms with E-state index < -0.39 is 0 Å². The average molecular weight is 193 g/mol. The second-order valence-electron chi connectivity index (χ2n) is 4.28. The molecule has 0 amide bonds. The SMILES string of the molecule is CCCn1nc(C2CC2)cc1[C@@H](C)N. The van der Waals surface area contributed by atoms with Gasteiger partial charge in [0, 0.05) is 18.5 Å². The Morgan fingerprint density at radius 3 is 2.86 bits per heavy atom. The van der Waals surface area contributed by atoms with Crippen molar-refractivity contribution in [3.05, 3.63) is 17.5 Å². The second kappa shape index (κ2) is 3.73. The maximum atomic E-state index is 5.92. The summed E-state index contributed by atoms with van der Waals surface area (Å²) in [5, 5.41) is 4.62. The maximum Gasteiger partial charge on any atom is 0.0659 e. The second-order valence-corrected chi connectivity index (χ2v) is 4.28.